The first-order valence-electron chi connectivity index (χ1n) is 5.80. The van der Waals surface area contributed by atoms with Gasteiger partial charge < -0.3 is 9.55 Å². The number of amides is 2. The van der Waals surface area contributed by atoms with Crippen molar-refractivity contribution in [1.29, 1.82) is 0 Å². The second-order valence-electron chi connectivity index (χ2n) is 4.43. The van der Waals surface area contributed by atoms with Crippen LogP contribution in [0.4, 0.5) is 4.39 Å². The van der Waals surface area contributed by atoms with Crippen molar-refractivity contribution in [3.63, 3.8) is 0 Å². The second kappa shape index (κ2) is 4.27. The lowest BCUT2D eigenvalue weighted by Crippen LogP contribution is -2.41. The highest BCUT2D eigenvalue weighted by Crippen LogP contribution is 2.25. The van der Waals surface area contributed by atoms with Gasteiger partial charge in [0.1, 0.15) is 11.9 Å². The van der Waals surface area contributed by atoms with Gasteiger partial charge in [0.15, 0.2) is 4.77 Å². The first-order chi connectivity index (χ1) is 9.06. The number of rotatable bonds is 1. The molecule has 2 N–H and O–H groups in total. The maximum atomic E-state index is 13.3. The molecule has 1 unspecified atom stereocenters. The number of imidazole rings is 1. The van der Waals surface area contributed by atoms with E-state index >= 15 is 0 Å². The Bertz CT molecular complexity index is 749. The third-order valence-electron chi connectivity index (χ3n) is 3.20. The Morgan fingerprint density at radius 1 is 1.37 bits per heavy atom. The van der Waals surface area contributed by atoms with E-state index < -0.39 is 17.8 Å². The highest BCUT2D eigenvalue weighted by Gasteiger charge is 2.29. The number of benzene rings is 1. The second-order valence-corrected chi connectivity index (χ2v) is 4.82. The van der Waals surface area contributed by atoms with E-state index in [9.17, 15) is 14.0 Å². The zero-order valence-corrected chi connectivity index (χ0v) is 10.6. The van der Waals surface area contributed by atoms with Gasteiger partial charge in [-0.3, -0.25) is 14.9 Å². The van der Waals surface area contributed by atoms with Crippen LogP contribution in [0, 0.1) is 10.6 Å². The Morgan fingerprint density at radius 3 is 2.89 bits per heavy atom. The summed E-state index contributed by atoms with van der Waals surface area (Å²) in [4.78, 5) is 26.0. The van der Waals surface area contributed by atoms with Crippen molar-refractivity contribution in [3.8, 4) is 0 Å². The number of hydrogen-bond acceptors (Lipinski definition) is 3. The Morgan fingerprint density at radius 2 is 2.16 bits per heavy atom. The lowest BCUT2D eigenvalue weighted by molar-refractivity contribution is -0.135. The molecule has 2 amide bonds. The number of nitrogens with zero attached hydrogens (tertiary/aromatic N) is 1. The fourth-order valence-electron chi connectivity index (χ4n) is 2.33. The van der Waals surface area contributed by atoms with E-state index in [0.717, 1.165) is 0 Å². The number of H-pyrrole nitrogens is 1. The SMILES string of the molecule is O=C1CCC(n2c(=S)[nH]c3ccc(F)cc32)C(=O)N1. The van der Waals surface area contributed by atoms with Gasteiger partial charge in [-0.15, -0.1) is 0 Å². The number of carbonyl (C=O) groups is 2. The van der Waals surface area contributed by atoms with Gasteiger partial charge in [0, 0.05) is 6.42 Å². The molecule has 2 heterocycles. The number of aromatic nitrogens is 2. The summed E-state index contributed by atoms with van der Waals surface area (Å²) >= 11 is 5.18. The number of hydrogen-bond donors (Lipinski definition) is 2. The van der Waals surface area contributed by atoms with Crippen molar-refractivity contribution in [2.45, 2.75) is 18.9 Å². The molecular weight excluding hydrogens is 269 g/mol. The summed E-state index contributed by atoms with van der Waals surface area (Å²) in [5.74, 6) is -1.10. The predicted octanol–water partition coefficient (Wildman–Crippen LogP) is 1.82. The summed E-state index contributed by atoms with van der Waals surface area (Å²) in [5, 5.41) is 2.27. The maximum Gasteiger partial charge on any atom is 0.249 e. The van der Waals surface area contributed by atoms with E-state index in [2.05, 4.69) is 10.3 Å². The van der Waals surface area contributed by atoms with E-state index in [1.54, 1.807) is 10.6 Å². The van der Waals surface area contributed by atoms with Crippen molar-refractivity contribution < 1.29 is 14.0 Å². The first kappa shape index (κ1) is 12.0. The molecule has 7 heteroatoms. The average molecular weight is 279 g/mol. The van der Waals surface area contributed by atoms with Crippen molar-refractivity contribution in [3.05, 3.63) is 28.8 Å². The van der Waals surface area contributed by atoms with Crippen molar-refractivity contribution in [2.75, 3.05) is 0 Å². The molecule has 98 valence electrons. The summed E-state index contributed by atoms with van der Waals surface area (Å²) in [6.07, 6.45) is 0.614. The molecule has 3 rings (SSSR count). The van der Waals surface area contributed by atoms with Gasteiger partial charge in [-0.2, -0.15) is 0 Å². The van der Waals surface area contributed by atoms with Crippen molar-refractivity contribution >= 4 is 35.1 Å². The van der Waals surface area contributed by atoms with Crippen LogP contribution >= 0.6 is 12.2 Å². The first-order valence-corrected chi connectivity index (χ1v) is 6.20. The number of piperidine rings is 1. The highest BCUT2D eigenvalue weighted by atomic mass is 32.1. The van der Waals surface area contributed by atoms with E-state index in [1.165, 1.54) is 12.1 Å². The fraction of sp³-hybridized carbons (Fsp3) is 0.250. The van der Waals surface area contributed by atoms with Crippen LogP contribution in [0.25, 0.3) is 11.0 Å². The van der Waals surface area contributed by atoms with E-state index in [4.69, 9.17) is 12.2 Å². The zero-order chi connectivity index (χ0) is 13.6. The molecule has 0 saturated carbocycles. The number of halogens is 1. The lowest BCUT2D eigenvalue weighted by Gasteiger charge is -2.22. The zero-order valence-electron chi connectivity index (χ0n) is 9.77. The summed E-state index contributed by atoms with van der Waals surface area (Å²) in [7, 11) is 0. The van der Waals surface area contributed by atoms with Crippen molar-refractivity contribution in [1.82, 2.24) is 14.9 Å². The van der Waals surface area contributed by atoms with Gasteiger partial charge in [-0.1, -0.05) is 0 Å². The van der Waals surface area contributed by atoms with Crippen LogP contribution in [0.1, 0.15) is 18.9 Å². The van der Waals surface area contributed by atoms with Crippen LogP contribution in [-0.4, -0.2) is 21.4 Å². The summed E-state index contributed by atoms with van der Waals surface area (Å²) in [6, 6.07) is 3.64. The van der Waals surface area contributed by atoms with Crippen molar-refractivity contribution in [2.24, 2.45) is 0 Å². The molecule has 1 aliphatic heterocycles. The van der Waals surface area contributed by atoms with Gasteiger partial charge >= 0.3 is 0 Å². The normalized spacial score (nSPS) is 19.7. The molecule has 0 bridgehead atoms. The minimum Gasteiger partial charge on any atom is -0.331 e. The molecule has 1 saturated heterocycles. The third-order valence-corrected chi connectivity index (χ3v) is 3.50. The number of carbonyl (C=O) groups excluding carboxylic acids is 2. The smallest absolute Gasteiger partial charge is 0.249 e. The largest absolute Gasteiger partial charge is 0.331 e. The van der Waals surface area contributed by atoms with Crippen LogP contribution in [0.2, 0.25) is 0 Å². The van der Waals surface area contributed by atoms with Gasteiger partial charge in [-0.25, -0.2) is 4.39 Å². The quantitative estimate of drug-likeness (QED) is 0.618. The Hall–Kier alpha value is -2.02. The lowest BCUT2D eigenvalue weighted by atomic mass is 10.1. The Kier molecular flexibility index (Phi) is 2.70. The summed E-state index contributed by atoms with van der Waals surface area (Å²) in [6.45, 7) is 0. The molecule has 0 radical (unpaired) electrons. The molecule has 1 atom stereocenters. The number of fused-ring (bicyclic) bond motifs is 1. The number of imide groups is 1. The van der Waals surface area contributed by atoms with Gasteiger partial charge in [-0.05, 0) is 36.8 Å². The van der Waals surface area contributed by atoms with Gasteiger partial charge in [0.25, 0.3) is 0 Å². The standard InChI is InChI=1S/C12H10FN3O2S/c13-6-1-2-7-9(5-6)16(12(19)14-7)8-3-4-10(17)15-11(8)18/h1-2,5,8H,3-4H2,(H,14,19)(H,15,17,18). The van der Waals surface area contributed by atoms with Gasteiger partial charge in [0.05, 0.1) is 11.0 Å². The fourth-order valence-corrected chi connectivity index (χ4v) is 2.67. The molecule has 0 spiro atoms. The molecule has 1 fully saturated rings. The predicted molar refractivity (Wildman–Crippen MR) is 68.5 cm³/mol. The van der Waals surface area contributed by atoms with Crippen LogP contribution in [0.15, 0.2) is 18.2 Å². The van der Waals surface area contributed by atoms with E-state index in [0.29, 0.717) is 22.2 Å². The molecule has 1 aromatic carbocycles. The van der Waals surface area contributed by atoms with Crippen LogP contribution < -0.4 is 5.32 Å². The highest BCUT2D eigenvalue weighted by molar-refractivity contribution is 7.71. The molecule has 19 heavy (non-hydrogen) atoms. The molecule has 1 aromatic heterocycles. The van der Waals surface area contributed by atoms with Crippen LogP contribution in [0.3, 0.4) is 0 Å². The van der Waals surface area contributed by atoms with Crippen LogP contribution in [-0.2, 0) is 9.59 Å². The number of nitrogens with one attached hydrogen (secondary N) is 2. The topological polar surface area (TPSA) is 66.9 Å². The molecule has 1 aliphatic rings. The van der Waals surface area contributed by atoms with E-state index in [-0.39, 0.29) is 12.3 Å². The minimum absolute atomic E-state index is 0.250. The molecule has 5 nitrogen and oxygen atoms in total. The van der Waals surface area contributed by atoms with Crippen LogP contribution in [0.5, 0.6) is 0 Å². The monoisotopic (exact) mass is 279 g/mol. The summed E-state index contributed by atoms with van der Waals surface area (Å²) < 4.78 is 15.2. The molecular formula is C12H10FN3O2S. The minimum atomic E-state index is -0.583. The van der Waals surface area contributed by atoms with E-state index in [1.807, 2.05) is 0 Å². The molecule has 2 aromatic rings. The third kappa shape index (κ3) is 1.95. The Labute approximate surface area is 112 Å². The van der Waals surface area contributed by atoms with Gasteiger partial charge in [0.2, 0.25) is 11.8 Å². The number of aromatic amines is 1. The summed E-state index contributed by atoms with van der Waals surface area (Å²) in [5.41, 5.74) is 1.19. The average Bonchev–Trinajstić information content (AvgIpc) is 2.65. The Balaban J connectivity index is 2.17. The molecule has 0 aliphatic carbocycles. The maximum absolute atomic E-state index is 13.3.